The summed E-state index contributed by atoms with van der Waals surface area (Å²) < 4.78 is 157. The van der Waals surface area contributed by atoms with Crippen LogP contribution in [0.25, 0.3) is 0 Å². The van der Waals surface area contributed by atoms with E-state index in [-0.39, 0.29) is 77.3 Å². The van der Waals surface area contributed by atoms with E-state index >= 15 is 0 Å². The van der Waals surface area contributed by atoms with Crippen molar-refractivity contribution in [2.75, 3.05) is 10.7 Å². The van der Waals surface area contributed by atoms with Gasteiger partial charge in [0.05, 0.1) is 57.0 Å². The van der Waals surface area contributed by atoms with Crippen LogP contribution in [-0.4, -0.2) is 68.0 Å². The van der Waals surface area contributed by atoms with Gasteiger partial charge in [0, 0.05) is 83.5 Å². The average molecular weight is 1500 g/mol. The van der Waals surface area contributed by atoms with Crippen molar-refractivity contribution in [2.45, 2.75) is 171 Å². The molecule has 38 heteroatoms. The van der Waals surface area contributed by atoms with Crippen LogP contribution in [0, 0.1) is 22.7 Å². The van der Waals surface area contributed by atoms with E-state index in [0.29, 0.717) is 0 Å². The zero-order valence-electron chi connectivity index (χ0n) is 50.9. The van der Waals surface area contributed by atoms with E-state index in [0.717, 1.165) is 34.2 Å². The molecule has 16 nitrogen and oxygen atoms in total. The molecule has 0 saturated heterocycles. The Balaban J connectivity index is -0.000000548. The van der Waals surface area contributed by atoms with Crippen LogP contribution in [0.15, 0.2) is 73.6 Å². The molecule has 0 saturated carbocycles. The van der Waals surface area contributed by atoms with Gasteiger partial charge in [-0.3, -0.25) is 0 Å². The number of halogens is 16. The molecule has 0 unspecified atom stereocenters. The molecule has 0 spiro atoms. The van der Waals surface area contributed by atoms with E-state index in [4.69, 9.17) is 56.9 Å². The zero-order chi connectivity index (χ0) is 67.3. The Morgan fingerprint density at radius 1 is 0.360 bits per heavy atom. The Bertz CT molecular complexity index is 2720. The molecule has 0 aliphatic rings. The second kappa shape index (κ2) is 30.4. The van der Waals surface area contributed by atoms with Gasteiger partial charge in [-0.05, 0) is 36.4 Å². The second-order valence-electron chi connectivity index (χ2n) is 23.8. The summed E-state index contributed by atoms with van der Waals surface area (Å²) in [6, 6.07) is 15.0. The topological polar surface area (TPSA) is 189 Å². The summed E-state index contributed by atoms with van der Waals surface area (Å²) >= 11 is 19.1. The molecule has 0 aromatic carbocycles. The first-order valence-corrected chi connectivity index (χ1v) is 33.8. The minimum Gasteiger partial charge on any atom is 1.00 e. The van der Waals surface area contributed by atoms with E-state index < -0.39 is 30.8 Å². The first-order chi connectivity index (χ1) is 36.8. The molecule has 0 radical (unpaired) electrons. The Kier molecular flexibility index (Phi) is 31.5. The molecule has 0 aliphatic carbocycles. The van der Waals surface area contributed by atoms with Crippen LogP contribution in [0.3, 0.4) is 0 Å². The minimum atomic E-state index is -10.7. The largest absolute Gasteiger partial charge is 1.00 e. The van der Waals surface area contributed by atoms with Gasteiger partial charge in [-0.2, -0.15) is 67.8 Å². The molecule has 504 valence electrons. The van der Waals surface area contributed by atoms with Gasteiger partial charge in [0.15, 0.2) is 0 Å². The molecular formula is C48H76Cl4Cu2F12N14O2P4. The maximum Gasteiger partial charge on any atom is 1.00 e. The van der Waals surface area contributed by atoms with Crippen LogP contribution in [0.4, 0.5) is 50.4 Å². The molecule has 0 bridgehead atoms. The van der Waals surface area contributed by atoms with Gasteiger partial charge in [-0.25, -0.2) is 9.13 Å². The van der Waals surface area contributed by atoms with Gasteiger partial charge in [0.25, 0.3) is 0 Å². The first-order valence-electron chi connectivity index (χ1n) is 24.4. The van der Waals surface area contributed by atoms with Crippen molar-refractivity contribution in [1.82, 2.24) is 57.3 Å². The molecule has 86 heavy (non-hydrogen) atoms. The van der Waals surface area contributed by atoms with Crippen molar-refractivity contribution in [1.29, 1.82) is 10.5 Å². The van der Waals surface area contributed by atoms with Crippen molar-refractivity contribution < 1.29 is 93.6 Å². The van der Waals surface area contributed by atoms with Gasteiger partial charge in [-0.15, -0.1) is 46.4 Å². The van der Waals surface area contributed by atoms with Crippen molar-refractivity contribution in [3.8, 4) is 12.1 Å². The third kappa shape index (κ3) is 34.2. The standard InChI is InChI=1S/2C21H33N6OP.2C2H3N.2CH2Cl2.2Cu.2F6P/c2*1-19(2,3)16-10-13-25(22-16)29(28,26-14-11-17(23-26)20(4,5)6)27-15-12-18(24-27)21(7,8)9;2*1-2-3;2*2-1-3;;;2*1-7(2,3,4,5)6/h2*10-15H,1-9H3;2*1H3;2*1H2;;;;/q;;;;;;2*+1;2*-1. The molecule has 6 heterocycles. The second-order valence-corrected chi connectivity index (χ2v) is 33.8. The number of rotatable bonds is 6. The van der Waals surface area contributed by atoms with Gasteiger partial charge in [-0.1, -0.05) is 125 Å². The number of hydrogen-bond acceptors (Lipinski definition) is 10. The molecule has 0 amide bonds. The third-order valence-electron chi connectivity index (χ3n) is 9.67. The van der Waals surface area contributed by atoms with Crippen LogP contribution < -0.4 is 0 Å². The predicted octanol–water partition coefficient (Wildman–Crippen LogP) is 21.1. The number of alkyl halides is 4. The fourth-order valence-electron chi connectivity index (χ4n) is 5.72. The van der Waals surface area contributed by atoms with Crippen molar-refractivity contribution >= 4 is 77.2 Å². The summed E-state index contributed by atoms with van der Waals surface area (Å²) in [7, 11) is -28.3. The van der Waals surface area contributed by atoms with Crippen LogP contribution in [-0.2, 0) is 75.8 Å². The molecule has 0 atom stereocenters. The van der Waals surface area contributed by atoms with Gasteiger partial charge in [0.2, 0.25) is 0 Å². The van der Waals surface area contributed by atoms with E-state index in [9.17, 15) is 59.5 Å². The van der Waals surface area contributed by atoms with E-state index in [2.05, 4.69) is 155 Å². The number of nitriles is 2. The fourth-order valence-corrected chi connectivity index (χ4v) is 9.57. The zero-order valence-corrected chi connectivity index (χ0v) is 59.3. The van der Waals surface area contributed by atoms with Crippen LogP contribution in [0.2, 0.25) is 0 Å². The van der Waals surface area contributed by atoms with Crippen LogP contribution in [0.1, 0.15) is 173 Å². The molecule has 6 aromatic rings. The Hall–Kier alpha value is -3.08. The summed E-state index contributed by atoms with van der Waals surface area (Å²) in [5, 5.41) is 43.1. The number of hydrogen-bond donors (Lipinski definition) is 0. The molecule has 6 rings (SSSR count). The van der Waals surface area contributed by atoms with Crippen molar-refractivity contribution in [3.05, 3.63) is 108 Å². The van der Waals surface area contributed by atoms with E-state index in [1.54, 1.807) is 49.3 Å². The average Bonchev–Trinajstić information content (AvgIpc) is 4.11. The Morgan fingerprint density at radius 3 is 0.500 bits per heavy atom. The summed E-state index contributed by atoms with van der Waals surface area (Å²) in [4.78, 5) is 0. The van der Waals surface area contributed by atoms with Crippen molar-refractivity contribution in [2.24, 2.45) is 0 Å². The van der Waals surface area contributed by atoms with Gasteiger partial charge < -0.3 is 0 Å². The monoisotopic (exact) mass is 1500 g/mol. The van der Waals surface area contributed by atoms with Crippen LogP contribution in [0.5, 0.6) is 0 Å². The molecule has 0 aliphatic heterocycles. The maximum atomic E-state index is 14.5. The third-order valence-corrected chi connectivity index (χ3v) is 14.2. The van der Waals surface area contributed by atoms with E-state index in [1.165, 1.54) is 40.6 Å². The first kappa shape index (κ1) is 89.3. The minimum absolute atomic E-state index is 0. The molecule has 0 N–H and O–H groups in total. The Morgan fingerprint density at radius 2 is 0.442 bits per heavy atom. The quantitative estimate of drug-likeness (QED) is 0.0671. The molecular weight excluding hydrogens is 1430 g/mol. The normalized spacial score (nSPS) is 13.7. The smallest absolute Gasteiger partial charge is 1.00 e. The van der Waals surface area contributed by atoms with E-state index in [1.807, 2.05) is 36.4 Å². The van der Waals surface area contributed by atoms with Crippen LogP contribution >= 0.6 is 77.2 Å². The molecule has 0 fully saturated rings. The fraction of sp³-hybridized carbons (Fsp3) is 0.583. The number of aromatic nitrogens is 12. The summed E-state index contributed by atoms with van der Waals surface area (Å²) in [5.74, 6) is 0. The van der Waals surface area contributed by atoms with Crippen molar-refractivity contribution in [3.63, 3.8) is 0 Å². The Labute approximate surface area is 536 Å². The summed E-state index contributed by atoms with van der Waals surface area (Å²) in [6.45, 7) is 40.4. The summed E-state index contributed by atoms with van der Waals surface area (Å²) in [5.41, 5.74) is 4.26. The molecule has 6 aromatic heterocycles. The number of nitrogens with zero attached hydrogens (tertiary/aromatic N) is 14. The maximum absolute atomic E-state index is 14.5. The van der Waals surface area contributed by atoms with Gasteiger partial charge in [0.1, 0.15) is 0 Å². The predicted molar refractivity (Wildman–Crippen MR) is 316 cm³/mol. The SMILES string of the molecule is CC#N.CC#N.CC(C)(C)c1ccn(P(=O)(n2ccc(C(C)(C)C)n2)n2ccc(C(C)(C)C)n2)n1.CC(C)(C)c1ccn(P(=O)(n2ccc(C(C)(C)C)n2)n2ccc(C(C)(C)C)n2)n1.ClCCl.ClCCl.F[P-](F)(F)(F)(F)F.F[P-](F)(F)(F)(F)F.[Cu+].[Cu+]. The van der Waals surface area contributed by atoms with Gasteiger partial charge >= 0.3 is 115 Å². The summed E-state index contributed by atoms with van der Waals surface area (Å²) in [6.07, 6.45) is 10.6.